The number of nitrogens with two attached hydrogens (primary N) is 1. The molecule has 1 aromatic heterocycles. The SMILES string of the molecule is Cc1ccc(C(N)=O)c(F)c1-c1ccccn1. The first-order chi connectivity index (χ1) is 8.11. The summed E-state index contributed by atoms with van der Waals surface area (Å²) in [6, 6.07) is 8.25. The van der Waals surface area contributed by atoms with Gasteiger partial charge in [0.05, 0.1) is 11.3 Å². The fourth-order valence-corrected chi connectivity index (χ4v) is 1.69. The standard InChI is InChI=1S/C13H11FN2O/c1-8-5-6-9(13(15)17)12(14)11(8)10-4-2-3-7-16-10/h2-7H,1H3,(H2,15,17). The highest BCUT2D eigenvalue weighted by atomic mass is 19.1. The largest absolute Gasteiger partial charge is 0.366 e. The van der Waals surface area contributed by atoms with E-state index in [1.54, 1.807) is 37.4 Å². The number of halogens is 1. The third kappa shape index (κ3) is 2.01. The average molecular weight is 230 g/mol. The number of carbonyl (C=O) groups is 1. The zero-order valence-corrected chi connectivity index (χ0v) is 9.27. The molecule has 0 aliphatic rings. The number of aromatic nitrogens is 1. The molecule has 0 fully saturated rings. The van der Waals surface area contributed by atoms with Crippen molar-refractivity contribution in [2.24, 2.45) is 5.73 Å². The number of aryl methyl sites for hydroxylation is 1. The molecule has 0 bridgehead atoms. The quantitative estimate of drug-likeness (QED) is 0.860. The van der Waals surface area contributed by atoms with Crippen LogP contribution in [0.4, 0.5) is 4.39 Å². The third-order valence-corrected chi connectivity index (χ3v) is 2.54. The van der Waals surface area contributed by atoms with Crippen molar-refractivity contribution in [3.63, 3.8) is 0 Å². The van der Waals surface area contributed by atoms with E-state index < -0.39 is 11.7 Å². The molecule has 0 aliphatic carbocycles. The van der Waals surface area contributed by atoms with Crippen molar-refractivity contribution in [1.29, 1.82) is 0 Å². The van der Waals surface area contributed by atoms with Gasteiger partial charge in [0.1, 0.15) is 5.82 Å². The molecular weight excluding hydrogens is 219 g/mol. The van der Waals surface area contributed by atoms with Crippen molar-refractivity contribution in [3.8, 4) is 11.3 Å². The maximum absolute atomic E-state index is 14.1. The average Bonchev–Trinajstić information content (AvgIpc) is 2.30. The lowest BCUT2D eigenvalue weighted by Gasteiger charge is -2.09. The van der Waals surface area contributed by atoms with E-state index in [0.29, 0.717) is 16.8 Å². The summed E-state index contributed by atoms with van der Waals surface area (Å²) in [5, 5.41) is 0. The first kappa shape index (κ1) is 11.3. The smallest absolute Gasteiger partial charge is 0.251 e. The number of primary amides is 1. The minimum absolute atomic E-state index is 0.115. The van der Waals surface area contributed by atoms with Crippen LogP contribution in [0.2, 0.25) is 0 Å². The first-order valence-electron chi connectivity index (χ1n) is 5.11. The Morgan fingerprint density at radius 2 is 2.06 bits per heavy atom. The van der Waals surface area contributed by atoms with Crippen molar-refractivity contribution in [2.45, 2.75) is 6.92 Å². The molecule has 0 spiro atoms. The van der Waals surface area contributed by atoms with Gasteiger partial charge in [0.2, 0.25) is 0 Å². The van der Waals surface area contributed by atoms with E-state index in [1.807, 2.05) is 0 Å². The van der Waals surface area contributed by atoms with Gasteiger partial charge in [0.25, 0.3) is 5.91 Å². The van der Waals surface area contributed by atoms with Gasteiger partial charge in [-0.25, -0.2) is 4.39 Å². The lowest BCUT2D eigenvalue weighted by molar-refractivity contribution is 0.0996. The summed E-state index contributed by atoms with van der Waals surface area (Å²) in [4.78, 5) is 15.2. The van der Waals surface area contributed by atoms with Gasteiger partial charge < -0.3 is 5.73 Å². The van der Waals surface area contributed by atoms with Gasteiger partial charge >= 0.3 is 0 Å². The molecule has 0 atom stereocenters. The van der Waals surface area contributed by atoms with E-state index >= 15 is 0 Å². The highest BCUT2D eigenvalue weighted by Crippen LogP contribution is 2.26. The highest BCUT2D eigenvalue weighted by molar-refractivity contribution is 5.94. The summed E-state index contributed by atoms with van der Waals surface area (Å²) in [6.45, 7) is 1.76. The fourth-order valence-electron chi connectivity index (χ4n) is 1.69. The maximum atomic E-state index is 14.1. The van der Waals surface area contributed by atoms with Crippen LogP contribution in [0.5, 0.6) is 0 Å². The van der Waals surface area contributed by atoms with Crippen LogP contribution in [0, 0.1) is 12.7 Å². The number of carbonyl (C=O) groups excluding carboxylic acids is 1. The van der Waals surface area contributed by atoms with Crippen molar-refractivity contribution < 1.29 is 9.18 Å². The van der Waals surface area contributed by atoms with Crippen LogP contribution < -0.4 is 5.73 Å². The molecular formula is C13H11FN2O. The molecule has 1 aromatic carbocycles. The number of rotatable bonds is 2. The lowest BCUT2D eigenvalue weighted by atomic mass is 10.0. The van der Waals surface area contributed by atoms with Crippen LogP contribution in [-0.4, -0.2) is 10.9 Å². The molecule has 2 N–H and O–H groups in total. The Labute approximate surface area is 98.1 Å². The van der Waals surface area contributed by atoms with E-state index in [1.165, 1.54) is 6.07 Å². The van der Waals surface area contributed by atoms with Gasteiger partial charge in [-0.1, -0.05) is 12.1 Å². The predicted octanol–water partition coefficient (Wildman–Crippen LogP) is 2.30. The zero-order chi connectivity index (χ0) is 12.4. The van der Waals surface area contributed by atoms with Crippen LogP contribution in [0.15, 0.2) is 36.5 Å². The second-order valence-corrected chi connectivity index (χ2v) is 3.70. The monoisotopic (exact) mass is 230 g/mol. The topological polar surface area (TPSA) is 56.0 Å². The second-order valence-electron chi connectivity index (χ2n) is 3.70. The van der Waals surface area contributed by atoms with Crippen LogP contribution in [0.1, 0.15) is 15.9 Å². The zero-order valence-electron chi connectivity index (χ0n) is 9.27. The molecule has 0 saturated carbocycles. The van der Waals surface area contributed by atoms with Crippen molar-refractivity contribution in [2.75, 3.05) is 0 Å². The molecule has 0 radical (unpaired) electrons. The predicted molar refractivity (Wildman–Crippen MR) is 62.9 cm³/mol. The fraction of sp³-hybridized carbons (Fsp3) is 0.0769. The van der Waals surface area contributed by atoms with E-state index in [2.05, 4.69) is 4.98 Å². The summed E-state index contributed by atoms with van der Waals surface area (Å²) in [5.74, 6) is -1.39. The number of pyridine rings is 1. The van der Waals surface area contributed by atoms with E-state index in [0.717, 1.165) is 0 Å². The van der Waals surface area contributed by atoms with Gasteiger partial charge in [-0.05, 0) is 30.7 Å². The summed E-state index contributed by atoms with van der Waals surface area (Å²) in [6.07, 6.45) is 1.57. The number of hydrogen-bond acceptors (Lipinski definition) is 2. The molecule has 2 rings (SSSR count). The van der Waals surface area contributed by atoms with Crippen LogP contribution in [-0.2, 0) is 0 Å². The molecule has 17 heavy (non-hydrogen) atoms. The van der Waals surface area contributed by atoms with Crippen LogP contribution >= 0.6 is 0 Å². The first-order valence-corrected chi connectivity index (χ1v) is 5.11. The molecule has 0 unspecified atom stereocenters. The summed E-state index contributed by atoms with van der Waals surface area (Å²) >= 11 is 0. The van der Waals surface area contributed by atoms with E-state index in [-0.39, 0.29) is 5.56 Å². The minimum atomic E-state index is -0.778. The number of amides is 1. The van der Waals surface area contributed by atoms with Crippen molar-refractivity contribution in [1.82, 2.24) is 4.98 Å². The second kappa shape index (κ2) is 4.33. The molecule has 0 aliphatic heterocycles. The van der Waals surface area contributed by atoms with Gasteiger partial charge in [-0.2, -0.15) is 0 Å². The highest BCUT2D eigenvalue weighted by Gasteiger charge is 2.16. The Kier molecular flexibility index (Phi) is 2.87. The molecule has 3 nitrogen and oxygen atoms in total. The van der Waals surface area contributed by atoms with E-state index in [9.17, 15) is 9.18 Å². The van der Waals surface area contributed by atoms with Gasteiger partial charge in [0.15, 0.2) is 0 Å². The molecule has 1 amide bonds. The third-order valence-electron chi connectivity index (χ3n) is 2.54. The Morgan fingerprint density at radius 3 is 2.65 bits per heavy atom. The molecule has 0 saturated heterocycles. The Balaban J connectivity index is 2.69. The van der Waals surface area contributed by atoms with Gasteiger partial charge in [0, 0.05) is 11.8 Å². The van der Waals surface area contributed by atoms with Gasteiger partial charge in [-0.3, -0.25) is 9.78 Å². The number of hydrogen-bond donors (Lipinski definition) is 1. The number of nitrogens with zero attached hydrogens (tertiary/aromatic N) is 1. The van der Waals surface area contributed by atoms with E-state index in [4.69, 9.17) is 5.73 Å². The molecule has 86 valence electrons. The Bertz CT molecular complexity index is 567. The Hall–Kier alpha value is -2.23. The minimum Gasteiger partial charge on any atom is -0.366 e. The normalized spacial score (nSPS) is 10.2. The van der Waals surface area contributed by atoms with Gasteiger partial charge in [-0.15, -0.1) is 0 Å². The van der Waals surface area contributed by atoms with Crippen LogP contribution in [0.3, 0.4) is 0 Å². The maximum Gasteiger partial charge on any atom is 0.251 e. The summed E-state index contributed by atoms with van der Waals surface area (Å²) in [7, 11) is 0. The summed E-state index contributed by atoms with van der Waals surface area (Å²) in [5.41, 5.74) is 6.52. The lowest BCUT2D eigenvalue weighted by Crippen LogP contribution is -2.14. The summed E-state index contributed by atoms with van der Waals surface area (Å²) < 4.78 is 14.1. The van der Waals surface area contributed by atoms with Crippen LogP contribution in [0.25, 0.3) is 11.3 Å². The molecule has 4 heteroatoms. The number of benzene rings is 1. The molecule has 2 aromatic rings. The van der Waals surface area contributed by atoms with Crippen molar-refractivity contribution in [3.05, 3.63) is 53.5 Å². The Morgan fingerprint density at radius 1 is 1.29 bits per heavy atom. The molecule has 1 heterocycles. The van der Waals surface area contributed by atoms with Crippen molar-refractivity contribution >= 4 is 5.91 Å².